The first-order valence-electron chi connectivity index (χ1n) is 9.19. The fraction of sp³-hybridized carbons (Fsp3) is 0.130. The van der Waals surface area contributed by atoms with Crippen molar-refractivity contribution in [2.75, 3.05) is 0 Å². The summed E-state index contributed by atoms with van der Waals surface area (Å²) in [4.78, 5) is 12.8. The minimum atomic E-state index is -0.00281. The number of rotatable bonds is 6. The van der Waals surface area contributed by atoms with E-state index in [9.17, 15) is 4.79 Å². The number of carbonyl (C=O) groups is 1. The van der Waals surface area contributed by atoms with Gasteiger partial charge in [0, 0.05) is 16.6 Å². The molecule has 0 fully saturated rings. The van der Waals surface area contributed by atoms with E-state index >= 15 is 0 Å². The van der Waals surface area contributed by atoms with Crippen LogP contribution in [0.15, 0.2) is 83.3 Å². The minimum Gasteiger partial charge on any atom is -0.310 e. The van der Waals surface area contributed by atoms with E-state index in [4.69, 9.17) is 5.41 Å². The van der Waals surface area contributed by atoms with Gasteiger partial charge in [-0.1, -0.05) is 70.5 Å². The fourth-order valence-corrected chi connectivity index (χ4v) is 3.70. The molecule has 0 unspecified atom stereocenters. The van der Waals surface area contributed by atoms with E-state index in [1.807, 2.05) is 71.3 Å². The predicted molar refractivity (Wildman–Crippen MR) is 114 cm³/mol. The molecule has 0 radical (unpaired) electrons. The summed E-state index contributed by atoms with van der Waals surface area (Å²) in [5.41, 5.74) is 4.12. The number of Topliss-reactive ketones (excluding diaryl/α,β-unsaturated/α-hetero) is 1. The molecule has 1 heterocycles. The molecular formula is C23H20BrN3O. The highest BCUT2D eigenvalue weighted by Crippen LogP contribution is 2.16. The number of aryl methyl sites for hydroxylation is 2. The van der Waals surface area contributed by atoms with Gasteiger partial charge in [-0.2, -0.15) is 0 Å². The van der Waals surface area contributed by atoms with Crippen molar-refractivity contribution in [3.63, 3.8) is 0 Å². The lowest BCUT2D eigenvalue weighted by molar-refractivity contribution is 0.0971. The highest BCUT2D eigenvalue weighted by atomic mass is 79.9. The fourth-order valence-electron chi connectivity index (χ4n) is 3.44. The average Bonchev–Trinajstić information content (AvgIpc) is 2.99. The van der Waals surface area contributed by atoms with Crippen LogP contribution in [0.2, 0.25) is 0 Å². The van der Waals surface area contributed by atoms with E-state index in [2.05, 4.69) is 28.1 Å². The maximum Gasteiger partial charge on any atom is 0.203 e. The van der Waals surface area contributed by atoms with Gasteiger partial charge < -0.3 is 9.13 Å². The van der Waals surface area contributed by atoms with Crippen molar-refractivity contribution in [3.8, 4) is 0 Å². The highest BCUT2D eigenvalue weighted by molar-refractivity contribution is 9.10. The Hall–Kier alpha value is -2.92. The summed E-state index contributed by atoms with van der Waals surface area (Å²) in [6.07, 6.45) is 0.839. The number of nitrogens with zero attached hydrogens (tertiary/aromatic N) is 2. The van der Waals surface area contributed by atoms with Crippen molar-refractivity contribution >= 4 is 32.7 Å². The number of para-hydroxylation sites is 2. The minimum absolute atomic E-state index is 0.00281. The van der Waals surface area contributed by atoms with Gasteiger partial charge in [-0.15, -0.1) is 0 Å². The molecule has 0 spiro atoms. The Kier molecular flexibility index (Phi) is 5.26. The number of aromatic nitrogens is 2. The van der Waals surface area contributed by atoms with Crippen molar-refractivity contribution in [1.29, 1.82) is 5.41 Å². The van der Waals surface area contributed by atoms with Gasteiger partial charge in [0.25, 0.3) is 0 Å². The monoisotopic (exact) mass is 433 g/mol. The molecule has 1 N–H and O–H groups in total. The van der Waals surface area contributed by atoms with Gasteiger partial charge in [0.1, 0.15) is 0 Å². The molecule has 140 valence electrons. The Bertz CT molecular complexity index is 1170. The van der Waals surface area contributed by atoms with E-state index in [-0.39, 0.29) is 12.3 Å². The number of nitrogens with one attached hydrogen (secondary N) is 1. The van der Waals surface area contributed by atoms with Crippen LogP contribution in [0.4, 0.5) is 0 Å². The number of ketones is 1. The lowest BCUT2D eigenvalue weighted by Crippen LogP contribution is -2.28. The summed E-state index contributed by atoms with van der Waals surface area (Å²) in [6, 6.07) is 25.5. The third-order valence-corrected chi connectivity index (χ3v) is 5.44. The average molecular weight is 434 g/mol. The van der Waals surface area contributed by atoms with Crippen LogP contribution in [0.3, 0.4) is 0 Å². The molecule has 5 heteroatoms. The van der Waals surface area contributed by atoms with E-state index in [0.29, 0.717) is 17.7 Å². The third-order valence-electron chi connectivity index (χ3n) is 4.91. The first-order chi connectivity index (χ1) is 13.6. The molecule has 1 aromatic heterocycles. The first kappa shape index (κ1) is 18.4. The zero-order chi connectivity index (χ0) is 19.5. The summed E-state index contributed by atoms with van der Waals surface area (Å²) in [6.45, 7) is 0.849. The maximum atomic E-state index is 12.8. The van der Waals surface area contributed by atoms with Crippen LogP contribution in [0.25, 0.3) is 11.0 Å². The third kappa shape index (κ3) is 3.71. The van der Waals surface area contributed by atoms with Crippen molar-refractivity contribution in [3.05, 3.63) is 100 Å². The Morgan fingerprint density at radius 3 is 2.11 bits per heavy atom. The van der Waals surface area contributed by atoms with Gasteiger partial charge in [-0.3, -0.25) is 10.2 Å². The molecule has 4 nitrogen and oxygen atoms in total. The molecule has 0 bridgehead atoms. The second kappa shape index (κ2) is 7.98. The van der Waals surface area contributed by atoms with Crippen LogP contribution in [0, 0.1) is 5.41 Å². The zero-order valence-electron chi connectivity index (χ0n) is 15.3. The largest absolute Gasteiger partial charge is 0.310 e. The molecule has 0 amide bonds. The Balaban J connectivity index is 1.67. The topological polar surface area (TPSA) is 50.8 Å². The molecule has 4 rings (SSSR count). The lowest BCUT2D eigenvalue weighted by atomic mass is 10.1. The van der Waals surface area contributed by atoms with Gasteiger partial charge in [0.15, 0.2) is 5.78 Å². The molecule has 28 heavy (non-hydrogen) atoms. The number of carbonyl (C=O) groups excluding carboxylic acids is 1. The summed E-state index contributed by atoms with van der Waals surface area (Å²) >= 11 is 3.40. The number of halogens is 1. The van der Waals surface area contributed by atoms with Crippen molar-refractivity contribution in [1.82, 2.24) is 9.13 Å². The van der Waals surface area contributed by atoms with E-state index in [0.717, 1.165) is 21.9 Å². The van der Waals surface area contributed by atoms with E-state index < -0.39 is 0 Å². The van der Waals surface area contributed by atoms with Crippen molar-refractivity contribution < 1.29 is 4.79 Å². The van der Waals surface area contributed by atoms with E-state index in [1.165, 1.54) is 5.56 Å². The number of hydrogen-bond donors (Lipinski definition) is 1. The Morgan fingerprint density at radius 1 is 0.821 bits per heavy atom. The van der Waals surface area contributed by atoms with Crippen LogP contribution in [-0.2, 0) is 19.5 Å². The molecule has 0 atom stereocenters. The maximum absolute atomic E-state index is 12.8. The number of imidazole rings is 1. The molecular weight excluding hydrogens is 414 g/mol. The van der Waals surface area contributed by atoms with Gasteiger partial charge in [0.2, 0.25) is 5.62 Å². The van der Waals surface area contributed by atoms with Crippen LogP contribution >= 0.6 is 15.9 Å². The SMILES string of the molecule is N=c1n(CCc2ccccc2)c2ccccc2n1CC(=O)c1ccc(Br)cc1. The molecule has 4 aromatic rings. The number of hydrogen-bond acceptors (Lipinski definition) is 2. The number of fused-ring (bicyclic) bond motifs is 1. The summed E-state index contributed by atoms with van der Waals surface area (Å²) < 4.78 is 4.72. The molecule has 0 aliphatic heterocycles. The molecule has 0 aliphatic carbocycles. The number of benzene rings is 3. The van der Waals surface area contributed by atoms with Crippen LogP contribution in [0.5, 0.6) is 0 Å². The predicted octanol–water partition coefficient (Wildman–Crippen LogP) is 4.81. The molecule has 0 saturated heterocycles. The van der Waals surface area contributed by atoms with Crippen molar-refractivity contribution in [2.45, 2.75) is 19.5 Å². The Morgan fingerprint density at radius 2 is 1.43 bits per heavy atom. The smallest absolute Gasteiger partial charge is 0.203 e. The molecule has 0 aliphatic rings. The standard InChI is InChI=1S/C23H20BrN3O/c24-19-12-10-18(11-13-19)22(28)16-27-21-9-5-4-8-20(21)26(23(27)25)15-14-17-6-2-1-3-7-17/h1-13,25H,14-16H2. The Labute approximate surface area is 171 Å². The van der Waals surface area contributed by atoms with Crippen molar-refractivity contribution in [2.24, 2.45) is 0 Å². The highest BCUT2D eigenvalue weighted by Gasteiger charge is 2.14. The van der Waals surface area contributed by atoms with Gasteiger partial charge in [0.05, 0.1) is 17.6 Å². The van der Waals surface area contributed by atoms with Crippen LogP contribution in [-0.4, -0.2) is 14.9 Å². The second-order valence-electron chi connectivity index (χ2n) is 6.72. The first-order valence-corrected chi connectivity index (χ1v) is 9.98. The van der Waals surface area contributed by atoms with Crippen LogP contribution in [0.1, 0.15) is 15.9 Å². The summed E-state index contributed by atoms with van der Waals surface area (Å²) in [5.74, 6) is -0.00281. The van der Waals surface area contributed by atoms with Gasteiger partial charge in [-0.25, -0.2) is 0 Å². The second-order valence-corrected chi connectivity index (χ2v) is 7.63. The molecule has 0 saturated carbocycles. The normalized spacial score (nSPS) is 11.0. The summed E-state index contributed by atoms with van der Waals surface area (Å²) in [7, 11) is 0. The van der Waals surface area contributed by atoms with Crippen LogP contribution < -0.4 is 5.62 Å². The van der Waals surface area contributed by atoms with Gasteiger partial charge >= 0.3 is 0 Å². The van der Waals surface area contributed by atoms with E-state index in [1.54, 1.807) is 4.57 Å². The van der Waals surface area contributed by atoms with Gasteiger partial charge in [-0.05, 0) is 36.2 Å². The quantitative estimate of drug-likeness (QED) is 0.435. The zero-order valence-corrected chi connectivity index (χ0v) is 16.9. The molecule has 3 aromatic carbocycles. The summed E-state index contributed by atoms with van der Waals surface area (Å²) in [5, 5.41) is 8.70. The lowest BCUT2D eigenvalue weighted by Gasteiger charge is -2.06.